The SMILES string of the molecule is COc1ccc2cn(C[C@@]3(CCc4cc(F)cc(F)c4)NC(=O)NC3=O)c(O)c2c1. The molecule has 0 spiro atoms. The lowest BCUT2D eigenvalue weighted by Gasteiger charge is -2.27. The minimum Gasteiger partial charge on any atom is -0.497 e. The quantitative estimate of drug-likeness (QED) is 0.540. The van der Waals surface area contributed by atoms with Crippen LogP contribution in [0.3, 0.4) is 0 Å². The van der Waals surface area contributed by atoms with E-state index in [9.17, 15) is 23.5 Å². The molecule has 1 aliphatic rings. The van der Waals surface area contributed by atoms with Crippen LogP contribution in [0.2, 0.25) is 0 Å². The van der Waals surface area contributed by atoms with E-state index in [4.69, 9.17) is 4.74 Å². The number of hydrogen-bond acceptors (Lipinski definition) is 4. The molecular weight excluding hydrogens is 396 g/mol. The van der Waals surface area contributed by atoms with Crippen LogP contribution in [0.25, 0.3) is 10.8 Å². The Kier molecular flexibility index (Phi) is 4.81. The molecule has 3 aromatic rings. The highest BCUT2D eigenvalue weighted by Gasteiger charge is 2.46. The molecule has 1 aromatic heterocycles. The Morgan fingerprint density at radius 2 is 1.87 bits per heavy atom. The Bertz CT molecular complexity index is 1140. The Balaban J connectivity index is 1.66. The molecule has 3 amide bonds. The maximum atomic E-state index is 13.5. The van der Waals surface area contributed by atoms with E-state index < -0.39 is 29.1 Å². The first-order valence-electron chi connectivity index (χ1n) is 9.24. The van der Waals surface area contributed by atoms with Gasteiger partial charge in [-0.15, -0.1) is 0 Å². The van der Waals surface area contributed by atoms with Crippen LogP contribution in [0.1, 0.15) is 12.0 Å². The lowest BCUT2D eigenvalue weighted by molar-refractivity contribution is -0.124. The molecule has 1 aliphatic heterocycles. The van der Waals surface area contributed by atoms with Gasteiger partial charge in [-0.05, 0) is 48.7 Å². The number of carbonyl (C=O) groups is 2. The van der Waals surface area contributed by atoms with Crippen molar-refractivity contribution >= 4 is 22.7 Å². The van der Waals surface area contributed by atoms with Gasteiger partial charge in [-0.2, -0.15) is 0 Å². The Labute approximate surface area is 170 Å². The highest BCUT2D eigenvalue weighted by molar-refractivity contribution is 6.07. The van der Waals surface area contributed by atoms with Gasteiger partial charge in [0.25, 0.3) is 5.91 Å². The summed E-state index contributed by atoms with van der Waals surface area (Å²) in [4.78, 5) is 24.5. The van der Waals surface area contributed by atoms with Gasteiger partial charge in [0, 0.05) is 23.0 Å². The van der Waals surface area contributed by atoms with Crippen molar-refractivity contribution in [2.45, 2.75) is 24.9 Å². The number of ether oxygens (including phenoxy) is 1. The maximum absolute atomic E-state index is 13.5. The topological polar surface area (TPSA) is 92.6 Å². The van der Waals surface area contributed by atoms with Crippen molar-refractivity contribution in [3.63, 3.8) is 0 Å². The van der Waals surface area contributed by atoms with Gasteiger partial charge >= 0.3 is 6.03 Å². The summed E-state index contributed by atoms with van der Waals surface area (Å²) in [5.74, 6) is -1.54. The summed E-state index contributed by atoms with van der Waals surface area (Å²) in [5.41, 5.74) is -1.04. The first kappa shape index (κ1) is 19.7. The monoisotopic (exact) mass is 415 g/mol. The molecule has 1 fully saturated rings. The number of aryl methyl sites for hydroxylation is 1. The summed E-state index contributed by atoms with van der Waals surface area (Å²) in [6, 6.07) is 7.63. The van der Waals surface area contributed by atoms with Gasteiger partial charge in [0.05, 0.1) is 13.7 Å². The van der Waals surface area contributed by atoms with Crippen LogP contribution in [0.5, 0.6) is 11.6 Å². The van der Waals surface area contributed by atoms with E-state index in [0.717, 1.165) is 11.5 Å². The van der Waals surface area contributed by atoms with Crippen LogP contribution in [-0.2, 0) is 17.8 Å². The number of aromatic nitrogens is 1. The number of halogens is 2. The molecular formula is C21H19F2N3O4. The van der Waals surface area contributed by atoms with Crippen LogP contribution >= 0.6 is 0 Å². The third-order valence-corrected chi connectivity index (χ3v) is 5.29. The van der Waals surface area contributed by atoms with Gasteiger partial charge in [-0.3, -0.25) is 10.1 Å². The number of methoxy groups -OCH3 is 1. The molecule has 3 N–H and O–H groups in total. The number of imide groups is 1. The summed E-state index contributed by atoms with van der Waals surface area (Å²) in [6.45, 7) is -0.0643. The number of aromatic hydroxyl groups is 1. The highest BCUT2D eigenvalue weighted by Crippen LogP contribution is 2.33. The highest BCUT2D eigenvalue weighted by atomic mass is 19.1. The fourth-order valence-electron chi connectivity index (χ4n) is 3.77. The largest absolute Gasteiger partial charge is 0.497 e. The van der Waals surface area contributed by atoms with Crippen molar-refractivity contribution < 1.29 is 28.2 Å². The number of urea groups is 1. The van der Waals surface area contributed by atoms with E-state index in [1.807, 2.05) is 0 Å². The molecule has 9 heteroatoms. The number of nitrogens with zero attached hydrogens (tertiary/aromatic N) is 1. The minimum atomic E-state index is -1.39. The molecule has 1 atom stereocenters. The van der Waals surface area contributed by atoms with Gasteiger partial charge in [0.1, 0.15) is 22.9 Å². The van der Waals surface area contributed by atoms with Gasteiger partial charge in [0.2, 0.25) is 0 Å². The first-order chi connectivity index (χ1) is 14.3. The van der Waals surface area contributed by atoms with E-state index in [1.54, 1.807) is 24.4 Å². The van der Waals surface area contributed by atoms with E-state index in [2.05, 4.69) is 10.6 Å². The van der Waals surface area contributed by atoms with Crippen molar-refractivity contribution in [3.8, 4) is 11.6 Å². The molecule has 0 radical (unpaired) electrons. The van der Waals surface area contributed by atoms with Gasteiger partial charge in [-0.1, -0.05) is 0 Å². The van der Waals surface area contributed by atoms with E-state index >= 15 is 0 Å². The van der Waals surface area contributed by atoms with Gasteiger partial charge in [-0.25, -0.2) is 13.6 Å². The standard InChI is InChI=1S/C21H19F2N3O4/c1-30-16-3-2-13-10-26(18(27)17(13)9-16)11-21(19(28)24-20(29)25-21)5-4-12-6-14(22)8-15(23)7-12/h2-3,6-10,27H,4-5,11H2,1H3,(H2,24,25,28,29)/t21-/m1/s1. The third-order valence-electron chi connectivity index (χ3n) is 5.29. The summed E-state index contributed by atoms with van der Waals surface area (Å²) in [5, 5.41) is 16.7. The van der Waals surface area contributed by atoms with Crippen molar-refractivity contribution in [2.75, 3.05) is 7.11 Å². The average Bonchev–Trinajstić information content (AvgIpc) is 3.15. The molecule has 0 bridgehead atoms. The number of benzene rings is 2. The van der Waals surface area contributed by atoms with Crippen molar-refractivity contribution in [1.82, 2.24) is 15.2 Å². The molecule has 0 aliphatic carbocycles. The summed E-state index contributed by atoms with van der Waals surface area (Å²) in [6.07, 6.45) is 1.87. The van der Waals surface area contributed by atoms with E-state index in [-0.39, 0.29) is 25.3 Å². The second-order valence-corrected chi connectivity index (χ2v) is 7.30. The zero-order chi connectivity index (χ0) is 21.5. The zero-order valence-electron chi connectivity index (χ0n) is 16.0. The predicted octanol–water partition coefficient (Wildman–Crippen LogP) is 2.84. The van der Waals surface area contributed by atoms with Crippen LogP contribution in [-0.4, -0.2) is 34.3 Å². The van der Waals surface area contributed by atoms with E-state index in [0.29, 0.717) is 16.7 Å². The average molecular weight is 415 g/mol. The molecule has 30 heavy (non-hydrogen) atoms. The summed E-state index contributed by atoms with van der Waals surface area (Å²) >= 11 is 0. The fourth-order valence-corrected chi connectivity index (χ4v) is 3.77. The maximum Gasteiger partial charge on any atom is 0.322 e. The second kappa shape index (κ2) is 7.33. The van der Waals surface area contributed by atoms with Crippen LogP contribution < -0.4 is 15.4 Å². The summed E-state index contributed by atoms with van der Waals surface area (Å²) < 4.78 is 33.6. The minimum absolute atomic E-state index is 0.0643. The number of carbonyl (C=O) groups excluding carboxylic acids is 2. The first-order valence-corrected chi connectivity index (χ1v) is 9.24. The molecule has 2 aromatic carbocycles. The smallest absolute Gasteiger partial charge is 0.322 e. The van der Waals surface area contributed by atoms with Crippen molar-refractivity contribution in [3.05, 3.63) is 59.8 Å². The molecule has 0 unspecified atom stereocenters. The lowest BCUT2D eigenvalue weighted by atomic mass is 9.91. The number of amides is 3. The van der Waals surface area contributed by atoms with Crippen molar-refractivity contribution in [1.29, 1.82) is 0 Å². The normalized spacial score (nSPS) is 18.5. The molecule has 156 valence electrons. The fraction of sp³-hybridized carbons (Fsp3) is 0.238. The number of rotatable bonds is 6. The van der Waals surface area contributed by atoms with Crippen LogP contribution in [0.15, 0.2) is 42.6 Å². The predicted molar refractivity (Wildman–Crippen MR) is 104 cm³/mol. The number of nitrogens with one attached hydrogen (secondary N) is 2. The Morgan fingerprint density at radius 3 is 2.50 bits per heavy atom. The van der Waals surface area contributed by atoms with Gasteiger partial charge < -0.3 is 19.7 Å². The molecule has 0 saturated carbocycles. The van der Waals surface area contributed by atoms with Crippen LogP contribution in [0, 0.1) is 11.6 Å². The number of fused-ring (bicyclic) bond motifs is 1. The Hall–Kier alpha value is -3.62. The van der Waals surface area contributed by atoms with Crippen LogP contribution in [0.4, 0.5) is 13.6 Å². The van der Waals surface area contributed by atoms with Gasteiger partial charge in [0.15, 0.2) is 5.88 Å². The molecule has 4 rings (SSSR count). The lowest BCUT2D eigenvalue weighted by Crippen LogP contribution is -2.50. The third kappa shape index (κ3) is 3.54. The zero-order valence-corrected chi connectivity index (χ0v) is 16.0. The van der Waals surface area contributed by atoms with E-state index in [1.165, 1.54) is 23.8 Å². The molecule has 7 nitrogen and oxygen atoms in total. The molecule has 2 heterocycles. The molecule has 1 saturated heterocycles. The Morgan fingerprint density at radius 1 is 1.13 bits per heavy atom. The summed E-state index contributed by atoms with van der Waals surface area (Å²) in [7, 11) is 1.51. The van der Waals surface area contributed by atoms with Crippen molar-refractivity contribution in [2.24, 2.45) is 0 Å². The second-order valence-electron chi connectivity index (χ2n) is 7.30. The number of hydrogen-bond donors (Lipinski definition) is 3.